The van der Waals surface area contributed by atoms with E-state index < -0.39 is 12.2 Å². The van der Waals surface area contributed by atoms with Crippen molar-refractivity contribution in [1.29, 1.82) is 0 Å². The van der Waals surface area contributed by atoms with Gasteiger partial charge in [-0.1, -0.05) is 5.11 Å². The van der Waals surface area contributed by atoms with Crippen LogP contribution >= 0.6 is 0 Å². The van der Waals surface area contributed by atoms with Crippen molar-refractivity contribution in [3.8, 4) is 0 Å². The number of hydrogen-bond acceptors (Lipinski definition) is 4. The van der Waals surface area contributed by atoms with Crippen molar-refractivity contribution in [1.82, 2.24) is 9.97 Å². The van der Waals surface area contributed by atoms with E-state index in [4.69, 9.17) is 5.53 Å². The van der Waals surface area contributed by atoms with E-state index >= 15 is 0 Å². The number of aliphatic hydroxyl groups excluding tert-OH is 2. The van der Waals surface area contributed by atoms with Gasteiger partial charge in [0.25, 0.3) is 0 Å². The van der Waals surface area contributed by atoms with Crippen LogP contribution < -0.4 is 0 Å². The van der Waals surface area contributed by atoms with Crippen LogP contribution in [0.15, 0.2) is 29.6 Å². The Morgan fingerprint density at radius 2 is 2.35 bits per heavy atom. The molecule has 2 heterocycles. The molecule has 88 valence electrons. The Morgan fingerprint density at radius 3 is 3.12 bits per heavy atom. The zero-order valence-corrected chi connectivity index (χ0v) is 8.85. The van der Waals surface area contributed by atoms with Crippen LogP contribution in [0.5, 0.6) is 0 Å². The molecule has 0 aliphatic rings. The zero-order chi connectivity index (χ0) is 12.3. The van der Waals surface area contributed by atoms with E-state index in [0.717, 1.165) is 5.39 Å². The molecule has 2 aromatic heterocycles. The van der Waals surface area contributed by atoms with E-state index in [9.17, 15) is 10.2 Å². The van der Waals surface area contributed by atoms with Crippen LogP contribution in [0.25, 0.3) is 21.5 Å². The number of azide groups is 1. The summed E-state index contributed by atoms with van der Waals surface area (Å²) in [5.74, 6) is 0. The summed E-state index contributed by atoms with van der Waals surface area (Å²) in [5, 5.41) is 23.5. The lowest BCUT2D eigenvalue weighted by molar-refractivity contribution is 0.0253. The molecule has 0 aliphatic carbocycles. The van der Waals surface area contributed by atoms with Crippen molar-refractivity contribution in [2.24, 2.45) is 5.11 Å². The fourth-order valence-corrected chi connectivity index (χ4v) is 1.65. The first-order chi connectivity index (χ1) is 8.24. The number of hydrogen-bond donors (Lipinski definition) is 3. The second kappa shape index (κ2) is 4.84. The topological polar surface area (TPSA) is 118 Å². The van der Waals surface area contributed by atoms with Gasteiger partial charge >= 0.3 is 0 Å². The highest BCUT2D eigenvalue weighted by Gasteiger charge is 2.20. The number of aliphatic hydroxyl groups is 2. The highest BCUT2D eigenvalue weighted by Crippen LogP contribution is 2.25. The number of aromatic nitrogens is 2. The van der Waals surface area contributed by atoms with Crippen molar-refractivity contribution in [3.05, 3.63) is 40.5 Å². The third kappa shape index (κ3) is 2.21. The molecule has 0 radical (unpaired) electrons. The number of nitrogens with zero attached hydrogens (tertiary/aromatic N) is 4. The summed E-state index contributed by atoms with van der Waals surface area (Å²) in [4.78, 5) is 9.51. The largest absolute Gasteiger partial charge is 0.390 e. The molecule has 0 amide bonds. The Hall–Kier alpha value is -2.08. The summed E-state index contributed by atoms with van der Waals surface area (Å²) >= 11 is 0. The number of nitrogens with one attached hydrogen (secondary N) is 1. The molecule has 3 N–H and O–H groups in total. The summed E-state index contributed by atoms with van der Waals surface area (Å²) < 4.78 is 0. The first-order valence-electron chi connectivity index (χ1n) is 5.03. The SMILES string of the molecule is [N-]=[N+]=NCC(O)C(O)c1c[nH]c2ncccc12. The van der Waals surface area contributed by atoms with Gasteiger partial charge in [0.2, 0.25) is 0 Å². The van der Waals surface area contributed by atoms with Gasteiger partial charge in [-0.3, -0.25) is 0 Å². The van der Waals surface area contributed by atoms with Gasteiger partial charge < -0.3 is 15.2 Å². The Morgan fingerprint density at radius 1 is 1.53 bits per heavy atom. The molecule has 0 bridgehead atoms. The molecule has 0 spiro atoms. The quantitative estimate of drug-likeness (QED) is 0.419. The molecule has 0 saturated carbocycles. The highest BCUT2D eigenvalue weighted by molar-refractivity contribution is 5.79. The number of fused-ring (bicyclic) bond motifs is 1. The van der Waals surface area contributed by atoms with Crippen LogP contribution in [-0.2, 0) is 0 Å². The van der Waals surface area contributed by atoms with Crippen molar-refractivity contribution in [2.75, 3.05) is 6.54 Å². The average molecular weight is 233 g/mol. The van der Waals surface area contributed by atoms with Gasteiger partial charge in [-0.25, -0.2) is 4.98 Å². The molecular weight excluding hydrogens is 222 g/mol. The van der Waals surface area contributed by atoms with Gasteiger partial charge in [0.15, 0.2) is 0 Å². The van der Waals surface area contributed by atoms with Gasteiger partial charge in [-0.2, -0.15) is 0 Å². The first kappa shape index (κ1) is 11.4. The Kier molecular flexibility index (Phi) is 3.24. The van der Waals surface area contributed by atoms with Crippen LogP contribution in [-0.4, -0.2) is 32.8 Å². The molecule has 2 unspecified atom stereocenters. The molecule has 0 aromatic carbocycles. The zero-order valence-electron chi connectivity index (χ0n) is 8.85. The van der Waals surface area contributed by atoms with E-state index in [0.29, 0.717) is 11.2 Å². The fourth-order valence-electron chi connectivity index (χ4n) is 1.65. The third-order valence-corrected chi connectivity index (χ3v) is 2.50. The molecule has 2 aromatic rings. The summed E-state index contributed by atoms with van der Waals surface area (Å²) in [6.07, 6.45) is 0.969. The Bertz CT molecular complexity index is 561. The summed E-state index contributed by atoms with van der Waals surface area (Å²) in [7, 11) is 0. The van der Waals surface area contributed by atoms with E-state index in [2.05, 4.69) is 20.0 Å². The van der Waals surface area contributed by atoms with Gasteiger partial charge in [-0.15, -0.1) is 0 Å². The monoisotopic (exact) mass is 233 g/mol. The van der Waals surface area contributed by atoms with Gasteiger partial charge in [0, 0.05) is 28.3 Å². The van der Waals surface area contributed by atoms with E-state index in [-0.39, 0.29) is 6.54 Å². The second-order valence-electron chi connectivity index (χ2n) is 3.57. The van der Waals surface area contributed by atoms with Crippen LogP contribution in [0.3, 0.4) is 0 Å². The van der Waals surface area contributed by atoms with Crippen molar-refractivity contribution in [3.63, 3.8) is 0 Å². The maximum atomic E-state index is 9.92. The Balaban J connectivity index is 2.29. The van der Waals surface area contributed by atoms with Crippen LogP contribution in [0.2, 0.25) is 0 Å². The lowest BCUT2D eigenvalue weighted by Crippen LogP contribution is -2.20. The maximum absolute atomic E-state index is 9.92. The molecule has 2 rings (SSSR count). The molecule has 7 nitrogen and oxygen atoms in total. The predicted molar refractivity (Wildman–Crippen MR) is 61.1 cm³/mol. The molecule has 7 heteroatoms. The van der Waals surface area contributed by atoms with Crippen molar-refractivity contribution >= 4 is 11.0 Å². The minimum atomic E-state index is -1.13. The van der Waals surface area contributed by atoms with Crippen molar-refractivity contribution in [2.45, 2.75) is 12.2 Å². The van der Waals surface area contributed by atoms with E-state index in [1.165, 1.54) is 0 Å². The predicted octanol–water partition coefficient (Wildman–Crippen LogP) is 1.27. The highest BCUT2D eigenvalue weighted by atomic mass is 16.3. The molecular formula is C10H11N5O2. The van der Waals surface area contributed by atoms with Crippen LogP contribution in [0.1, 0.15) is 11.7 Å². The number of pyridine rings is 1. The van der Waals surface area contributed by atoms with Crippen molar-refractivity contribution < 1.29 is 10.2 Å². The molecule has 17 heavy (non-hydrogen) atoms. The summed E-state index contributed by atoms with van der Waals surface area (Å²) in [5.41, 5.74) is 9.32. The van der Waals surface area contributed by atoms with E-state index in [1.54, 1.807) is 24.5 Å². The van der Waals surface area contributed by atoms with Gasteiger partial charge in [-0.05, 0) is 17.7 Å². The van der Waals surface area contributed by atoms with Crippen LogP contribution in [0, 0.1) is 0 Å². The number of aromatic amines is 1. The minimum Gasteiger partial charge on any atom is -0.390 e. The summed E-state index contributed by atoms with van der Waals surface area (Å²) in [6.45, 7) is -0.176. The standard InChI is InChI=1S/C10H11N5O2/c11-15-14-5-8(16)9(17)7-4-13-10-6(7)2-1-3-12-10/h1-4,8-9,16-17H,5H2,(H,12,13). The normalized spacial score (nSPS) is 14.2. The molecule has 2 atom stereocenters. The van der Waals surface area contributed by atoms with Gasteiger partial charge in [0.05, 0.1) is 12.6 Å². The third-order valence-electron chi connectivity index (χ3n) is 2.50. The molecule has 0 aliphatic heterocycles. The average Bonchev–Trinajstić information content (AvgIpc) is 2.78. The summed E-state index contributed by atoms with van der Waals surface area (Å²) in [6, 6.07) is 3.53. The molecule has 0 saturated heterocycles. The Labute approximate surface area is 96.4 Å². The first-order valence-corrected chi connectivity index (χ1v) is 5.03. The smallest absolute Gasteiger partial charge is 0.137 e. The molecule has 0 fully saturated rings. The van der Waals surface area contributed by atoms with Crippen LogP contribution in [0.4, 0.5) is 0 Å². The lowest BCUT2D eigenvalue weighted by Gasteiger charge is -2.14. The number of H-pyrrole nitrogens is 1. The number of rotatable bonds is 4. The van der Waals surface area contributed by atoms with E-state index in [1.807, 2.05) is 0 Å². The van der Waals surface area contributed by atoms with Gasteiger partial charge in [0.1, 0.15) is 11.8 Å². The maximum Gasteiger partial charge on any atom is 0.137 e. The minimum absolute atomic E-state index is 0.176. The fraction of sp³-hybridized carbons (Fsp3) is 0.300. The lowest BCUT2D eigenvalue weighted by atomic mass is 10.0. The second-order valence-corrected chi connectivity index (χ2v) is 3.57.